The number of allylic oxidation sites excluding steroid dienone is 1. The lowest BCUT2D eigenvalue weighted by molar-refractivity contribution is 0.101. The Labute approximate surface area is 170 Å². The summed E-state index contributed by atoms with van der Waals surface area (Å²) < 4.78 is 27.9. The van der Waals surface area contributed by atoms with Crippen LogP contribution >= 0.6 is 0 Å². The highest BCUT2D eigenvalue weighted by Gasteiger charge is 2.21. The summed E-state index contributed by atoms with van der Waals surface area (Å²) in [5.74, 6) is -2.40. The number of hydrogen-bond acceptors (Lipinski definition) is 3. The lowest BCUT2D eigenvalue weighted by atomic mass is 10.1. The van der Waals surface area contributed by atoms with Crippen LogP contribution in [0.1, 0.15) is 16.1 Å². The largest absolute Gasteiger partial charge is 0.340 e. The SMILES string of the molecule is C=CCc1[nH]c(-c2[nH]ncc2NC(=O)c2c(F)cccc2F)nc1-c1ccccc1. The van der Waals surface area contributed by atoms with Gasteiger partial charge in [-0.25, -0.2) is 13.8 Å². The van der Waals surface area contributed by atoms with Gasteiger partial charge in [-0.15, -0.1) is 6.58 Å². The van der Waals surface area contributed by atoms with Gasteiger partial charge in [-0.05, 0) is 12.1 Å². The molecule has 0 saturated carbocycles. The van der Waals surface area contributed by atoms with Gasteiger partial charge in [-0.3, -0.25) is 9.89 Å². The number of hydrogen-bond donors (Lipinski definition) is 3. The van der Waals surface area contributed by atoms with E-state index < -0.39 is 23.1 Å². The molecule has 30 heavy (non-hydrogen) atoms. The normalized spacial score (nSPS) is 10.7. The van der Waals surface area contributed by atoms with Gasteiger partial charge in [-0.2, -0.15) is 5.10 Å². The average molecular weight is 405 g/mol. The second-order valence-electron chi connectivity index (χ2n) is 6.48. The highest BCUT2D eigenvalue weighted by atomic mass is 19.1. The Morgan fingerprint density at radius 2 is 1.83 bits per heavy atom. The van der Waals surface area contributed by atoms with E-state index in [1.54, 1.807) is 6.08 Å². The second kappa shape index (κ2) is 8.12. The predicted octanol–water partition coefficient (Wildman–Crippen LogP) is 4.73. The van der Waals surface area contributed by atoms with Gasteiger partial charge in [0.2, 0.25) is 0 Å². The number of nitrogens with zero attached hydrogens (tertiary/aromatic N) is 2. The molecule has 4 aromatic rings. The fraction of sp³-hybridized carbons (Fsp3) is 0.0455. The monoisotopic (exact) mass is 405 g/mol. The number of aromatic amines is 2. The Morgan fingerprint density at radius 1 is 1.10 bits per heavy atom. The maximum absolute atomic E-state index is 13.9. The number of carbonyl (C=O) groups is 1. The lowest BCUT2D eigenvalue weighted by Crippen LogP contribution is -2.16. The molecule has 4 rings (SSSR count). The van der Waals surface area contributed by atoms with Crippen molar-refractivity contribution in [2.75, 3.05) is 5.32 Å². The number of aromatic nitrogens is 4. The van der Waals surface area contributed by atoms with Crippen molar-refractivity contribution in [3.05, 3.63) is 90.3 Å². The van der Waals surface area contributed by atoms with Crippen LogP contribution in [-0.4, -0.2) is 26.1 Å². The fourth-order valence-electron chi connectivity index (χ4n) is 3.12. The van der Waals surface area contributed by atoms with Gasteiger partial charge in [0, 0.05) is 17.7 Å². The van der Waals surface area contributed by atoms with E-state index in [-0.39, 0.29) is 5.69 Å². The molecule has 0 atom stereocenters. The summed E-state index contributed by atoms with van der Waals surface area (Å²) in [6.45, 7) is 3.77. The first kappa shape index (κ1) is 19.3. The molecule has 0 radical (unpaired) electrons. The third-order valence-corrected chi connectivity index (χ3v) is 4.49. The first-order chi connectivity index (χ1) is 14.6. The van der Waals surface area contributed by atoms with Crippen molar-refractivity contribution in [1.82, 2.24) is 20.2 Å². The minimum absolute atomic E-state index is 0.237. The molecule has 0 aliphatic heterocycles. The molecule has 8 heteroatoms. The van der Waals surface area contributed by atoms with E-state index in [2.05, 4.69) is 32.1 Å². The number of imidazole rings is 1. The van der Waals surface area contributed by atoms with E-state index in [0.29, 0.717) is 17.9 Å². The number of rotatable bonds is 6. The maximum Gasteiger partial charge on any atom is 0.261 e. The summed E-state index contributed by atoms with van der Waals surface area (Å²) in [7, 11) is 0. The zero-order valence-electron chi connectivity index (χ0n) is 15.7. The smallest absolute Gasteiger partial charge is 0.261 e. The molecule has 1 amide bonds. The third-order valence-electron chi connectivity index (χ3n) is 4.49. The molecular formula is C22H17F2N5O. The van der Waals surface area contributed by atoms with E-state index in [1.807, 2.05) is 30.3 Å². The van der Waals surface area contributed by atoms with E-state index in [0.717, 1.165) is 29.1 Å². The molecule has 0 bridgehead atoms. The van der Waals surface area contributed by atoms with Gasteiger partial charge in [-0.1, -0.05) is 42.5 Å². The standard InChI is InChI=1S/C22H17F2N5O/c1-2-7-16-19(13-8-4-3-5-9-13)28-21(26-16)20-17(12-25-29-20)27-22(30)18-14(23)10-6-11-15(18)24/h2-6,8-12H,1,7H2,(H,25,29)(H,26,28)(H,27,30). The summed E-state index contributed by atoms with van der Waals surface area (Å²) in [5.41, 5.74) is 2.43. The lowest BCUT2D eigenvalue weighted by Gasteiger charge is -2.06. The number of benzene rings is 2. The van der Waals surface area contributed by atoms with Crippen LogP contribution < -0.4 is 5.32 Å². The van der Waals surface area contributed by atoms with Crippen LogP contribution in [0.4, 0.5) is 14.5 Å². The molecule has 0 aliphatic rings. The Kier molecular flexibility index (Phi) is 5.21. The molecule has 0 fully saturated rings. The highest BCUT2D eigenvalue weighted by Crippen LogP contribution is 2.29. The summed E-state index contributed by atoms with van der Waals surface area (Å²) in [6, 6.07) is 12.8. The molecule has 0 aliphatic carbocycles. The van der Waals surface area contributed by atoms with Crippen molar-refractivity contribution < 1.29 is 13.6 Å². The van der Waals surface area contributed by atoms with E-state index in [1.165, 1.54) is 12.3 Å². The highest BCUT2D eigenvalue weighted by molar-refractivity contribution is 6.06. The first-order valence-corrected chi connectivity index (χ1v) is 9.12. The topological polar surface area (TPSA) is 86.5 Å². The number of anilines is 1. The van der Waals surface area contributed by atoms with Crippen LogP contribution in [-0.2, 0) is 6.42 Å². The van der Waals surface area contributed by atoms with Crippen LogP contribution in [0.5, 0.6) is 0 Å². The van der Waals surface area contributed by atoms with Crippen molar-refractivity contribution in [2.24, 2.45) is 0 Å². The van der Waals surface area contributed by atoms with Crippen molar-refractivity contribution in [2.45, 2.75) is 6.42 Å². The van der Waals surface area contributed by atoms with Gasteiger partial charge in [0.15, 0.2) is 5.82 Å². The zero-order chi connectivity index (χ0) is 21.1. The van der Waals surface area contributed by atoms with Gasteiger partial charge >= 0.3 is 0 Å². The van der Waals surface area contributed by atoms with Crippen molar-refractivity contribution in [3.63, 3.8) is 0 Å². The molecule has 150 valence electrons. The quantitative estimate of drug-likeness (QED) is 0.406. The Morgan fingerprint density at radius 3 is 2.53 bits per heavy atom. The van der Waals surface area contributed by atoms with Gasteiger partial charge in [0.1, 0.15) is 22.9 Å². The summed E-state index contributed by atoms with van der Waals surface area (Å²) >= 11 is 0. The fourth-order valence-corrected chi connectivity index (χ4v) is 3.12. The Hall–Kier alpha value is -4.07. The molecule has 0 spiro atoms. The summed E-state index contributed by atoms with van der Waals surface area (Å²) in [5, 5.41) is 9.21. The molecule has 3 N–H and O–H groups in total. The molecule has 0 unspecified atom stereocenters. The second-order valence-corrected chi connectivity index (χ2v) is 6.48. The van der Waals surface area contributed by atoms with Gasteiger partial charge in [0.25, 0.3) is 5.91 Å². The summed E-state index contributed by atoms with van der Waals surface area (Å²) in [6.07, 6.45) is 3.65. The van der Waals surface area contributed by atoms with Crippen LogP contribution in [0.15, 0.2) is 67.4 Å². The molecule has 6 nitrogen and oxygen atoms in total. The molecule has 0 saturated heterocycles. The predicted molar refractivity (Wildman–Crippen MR) is 110 cm³/mol. The van der Waals surface area contributed by atoms with Crippen LogP contribution in [0, 0.1) is 11.6 Å². The number of carbonyl (C=O) groups excluding carboxylic acids is 1. The minimum Gasteiger partial charge on any atom is -0.340 e. The summed E-state index contributed by atoms with van der Waals surface area (Å²) in [4.78, 5) is 20.3. The number of H-pyrrole nitrogens is 2. The van der Waals surface area contributed by atoms with Gasteiger partial charge in [0.05, 0.1) is 17.6 Å². The van der Waals surface area contributed by atoms with Crippen molar-refractivity contribution >= 4 is 11.6 Å². The first-order valence-electron chi connectivity index (χ1n) is 9.12. The van der Waals surface area contributed by atoms with E-state index in [9.17, 15) is 13.6 Å². The van der Waals surface area contributed by atoms with Crippen molar-refractivity contribution in [1.29, 1.82) is 0 Å². The molecule has 2 aromatic heterocycles. The third kappa shape index (κ3) is 3.62. The van der Waals surface area contributed by atoms with Crippen LogP contribution in [0.25, 0.3) is 22.8 Å². The van der Waals surface area contributed by atoms with E-state index in [4.69, 9.17) is 0 Å². The van der Waals surface area contributed by atoms with Crippen LogP contribution in [0.3, 0.4) is 0 Å². The van der Waals surface area contributed by atoms with Gasteiger partial charge < -0.3 is 10.3 Å². The average Bonchev–Trinajstić information content (AvgIpc) is 3.35. The Bertz CT molecular complexity index is 1190. The Balaban J connectivity index is 1.70. The number of halogens is 2. The maximum atomic E-state index is 13.9. The van der Waals surface area contributed by atoms with Crippen LogP contribution in [0.2, 0.25) is 0 Å². The molecule has 2 aromatic carbocycles. The minimum atomic E-state index is -0.949. The zero-order valence-corrected chi connectivity index (χ0v) is 15.7. The number of nitrogens with one attached hydrogen (secondary N) is 3. The van der Waals surface area contributed by atoms with E-state index >= 15 is 0 Å². The number of amides is 1. The molecule has 2 heterocycles. The van der Waals surface area contributed by atoms with Crippen molar-refractivity contribution in [3.8, 4) is 22.8 Å². The molecular weight excluding hydrogens is 388 g/mol.